The minimum absolute atomic E-state index is 0.00464. The van der Waals surface area contributed by atoms with Crippen LogP contribution in [-0.4, -0.2) is 64.5 Å². The molecule has 172 valence electrons. The maximum Gasteiger partial charge on any atom is 0.251 e. The Morgan fingerprint density at radius 1 is 0.970 bits per heavy atom. The largest absolute Gasteiger partial charge is 0.343 e. The minimum Gasteiger partial charge on any atom is -0.343 e. The number of amides is 2. The van der Waals surface area contributed by atoms with E-state index in [0.717, 1.165) is 16.7 Å². The monoisotopic (exact) mass is 447 g/mol. The van der Waals surface area contributed by atoms with Gasteiger partial charge in [0, 0.05) is 37.3 Å². The van der Waals surface area contributed by atoms with Crippen molar-refractivity contribution < 1.29 is 14.1 Å². The van der Waals surface area contributed by atoms with Gasteiger partial charge in [0.2, 0.25) is 17.6 Å². The molecule has 0 unspecified atom stereocenters. The van der Waals surface area contributed by atoms with Gasteiger partial charge in [-0.15, -0.1) is 0 Å². The predicted octanol–water partition coefficient (Wildman–Crippen LogP) is 2.74. The van der Waals surface area contributed by atoms with Crippen molar-refractivity contribution in [3.8, 4) is 11.4 Å². The van der Waals surface area contributed by atoms with Gasteiger partial charge in [-0.3, -0.25) is 14.5 Å². The summed E-state index contributed by atoms with van der Waals surface area (Å²) in [5.41, 5.74) is 4.86. The van der Waals surface area contributed by atoms with Gasteiger partial charge in [-0.1, -0.05) is 41.1 Å². The summed E-state index contributed by atoms with van der Waals surface area (Å²) < 4.78 is 5.42. The van der Waals surface area contributed by atoms with Crippen molar-refractivity contribution in [2.75, 3.05) is 32.7 Å². The standard InChI is InChI=1S/C25H29N5O3/c1-17-4-7-20(8-5-17)24-27-22(33-28-24)16-29-10-12-30(13-11-29)23(31)15-26-25(32)21-9-6-18(2)19(3)14-21/h4-9,14H,10-13,15-16H2,1-3H3,(H,26,32). The van der Waals surface area contributed by atoms with Gasteiger partial charge in [0.05, 0.1) is 13.1 Å². The average Bonchev–Trinajstić information content (AvgIpc) is 3.28. The zero-order valence-electron chi connectivity index (χ0n) is 19.3. The molecule has 0 atom stereocenters. The van der Waals surface area contributed by atoms with E-state index >= 15 is 0 Å². The molecule has 1 aliphatic heterocycles. The number of piperazine rings is 1. The Bertz CT molecular complexity index is 1130. The zero-order valence-corrected chi connectivity index (χ0v) is 19.3. The van der Waals surface area contributed by atoms with E-state index in [1.54, 1.807) is 11.0 Å². The van der Waals surface area contributed by atoms with Crippen LogP contribution in [-0.2, 0) is 11.3 Å². The number of hydrogen-bond acceptors (Lipinski definition) is 6. The summed E-state index contributed by atoms with van der Waals surface area (Å²) in [4.78, 5) is 33.4. The molecule has 0 saturated carbocycles. The van der Waals surface area contributed by atoms with Gasteiger partial charge in [0.25, 0.3) is 5.91 Å². The SMILES string of the molecule is Cc1ccc(-c2noc(CN3CCN(C(=O)CNC(=O)c4ccc(C)c(C)c4)CC3)n2)cc1. The number of carbonyl (C=O) groups excluding carboxylic acids is 2. The van der Waals surface area contributed by atoms with Crippen molar-refractivity contribution in [3.63, 3.8) is 0 Å². The summed E-state index contributed by atoms with van der Waals surface area (Å²) in [6.07, 6.45) is 0. The smallest absolute Gasteiger partial charge is 0.251 e. The maximum absolute atomic E-state index is 12.6. The number of rotatable bonds is 6. The third kappa shape index (κ3) is 5.64. The quantitative estimate of drug-likeness (QED) is 0.625. The summed E-state index contributed by atoms with van der Waals surface area (Å²) >= 11 is 0. The first-order valence-corrected chi connectivity index (χ1v) is 11.1. The van der Waals surface area contributed by atoms with Crippen LogP contribution in [0.1, 0.15) is 32.9 Å². The second-order valence-corrected chi connectivity index (χ2v) is 8.52. The molecule has 0 radical (unpaired) electrons. The van der Waals surface area contributed by atoms with Gasteiger partial charge in [0.1, 0.15) is 0 Å². The van der Waals surface area contributed by atoms with E-state index in [1.165, 1.54) is 5.56 Å². The fourth-order valence-electron chi connectivity index (χ4n) is 3.74. The molecule has 33 heavy (non-hydrogen) atoms. The molecule has 1 aromatic heterocycles. The second-order valence-electron chi connectivity index (χ2n) is 8.52. The number of carbonyl (C=O) groups is 2. The summed E-state index contributed by atoms with van der Waals surface area (Å²) in [6, 6.07) is 13.5. The van der Waals surface area contributed by atoms with Crippen LogP contribution in [0.2, 0.25) is 0 Å². The van der Waals surface area contributed by atoms with E-state index in [4.69, 9.17) is 4.52 Å². The van der Waals surface area contributed by atoms with Gasteiger partial charge in [-0.05, 0) is 44.0 Å². The van der Waals surface area contributed by atoms with Gasteiger partial charge in [0.15, 0.2) is 0 Å². The van der Waals surface area contributed by atoms with Crippen molar-refractivity contribution in [3.05, 3.63) is 70.6 Å². The Balaban J connectivity index is 1.23. The van der Waals surface area contributed by atoms with E-state index in [9.17, 15) is 9.59 Å². The van der Waals surface area contributed by atoms with Crippen molar-refractivity contribution in [2.45, 2.75) is 27.3 Å². The Hall–Kier alpha value is -3.52. The number of hydrogen-bond donors (Lipinski definition) is 1. The molecule has 8 heteroatoms. The molecule has 1 fully saturated rings. The fraction of sp³-hybridized carbons (Fsp3) is 0.360. The summed E-state index contributed by atoms with van der Waals surface area (Å²) in [5.74, 6) is 0.835. The highest BCUT2D eigenvalue weighted by molar-refractivity contribution is 5.96. The van der Waals surface area contributed by atoms with Crippen LogP contribution in [0, 0.1) is 20.8 Å². The average molecular weight is 448 g/mol. The lowest BCUT2D eigenvalue weighted by Gasteiger charge is -2.34. The van der Waals surface area contributed by atoms with Gasteiger partial charge >= 0.3 is 0 Å². The van der Waals surface area contributed by atoms with Crippen LogP contribution in [0.3, 0.4) is 0 Å². The number of nitrogens with one attached hydrogen (secondary N) is 1. The summed E-state index contributed by atoms with van der Waals surface area (Å²) in [5, 5.41) is 6.82. The molecule has 1 N–H and O–H groups in total. The highest BCUT2D eigenvalue weighted by Gasteiger charge is 2.23. The van der Waals surface area contributed by atoms with Crippen molar-refractivity contribution in [1.82, 2.24) is 25.3 Å². The van der Waals surface area contributed by atoms with Crippen molar-refractivity contribution in [1.29, 1.82) is 0 Å². The predicted molar refractivity (Wildman–Crippen MR) is 125 cm³/mol. The van der Waals surface area contributed by atoms with E-state index in [-0.39, 0.29) is 18.4 Å². The Morgan fingerprint density at radius 3 is 2.39 bits per heavy atom. The first kappa shape index (κ1) is 22.7. The lowest BCUT2D eigenvalue weighted by Crippen LogP contribution is -2.50. The van der Waals surface area contributed by atoms with Crippen molar-refractivity contribution >= 4 is 11.8 Å². The van der Waals surface area contributed by atoms with Crippen LogP contribution >= 0.6 is 0 Å². The summed E-state index contributed by atoms with van der Waals surface area (Å²) in [7, 11) is 0. The van der Waals surface area contributed by atoms with E-state index in [1.807, 2.05) is 57.2 Å². The molecule has 3 aromatic rings. The van der Waals surface area contributed by atoms with E-state index in [2.05, 4.69) is 20.4 Å². The molecule has 0 spiro atoms. The second kappa shape index (κ2) is 9.95. The van der Waals surface area contributed by atoms with Crippen LogP contribution in [0.25, 0.3) is 11.4 Å². The third-order valence-corrected chi connectivity index (χ3v) is 6.03. The highest BCUT2D eigenvalue weighted by Crippen LogP contribution is 2.17. The molecule has 1 saturated heterocycles. The number of aromatic nitrogens is 2. The molecule has 2 heterocycles. The fourth-order valence-corrected chi connectivity index (χ4v) is 3.74. The lowest BCUT2D eigenvalue weighted by atomic mass is 10.1. The van der Waals surface area contributed by atoms with Crippen molar-refractivity contribution in [2.24, 2.45) is 0 Å². The first-order valence-electron chi connectivity index (χ1n) is 11.1. The Labute approximate surface area is 193 Å². The van der Waals surface area contributed by atoms with Gasteiger partial charge < -0.3 is 14.7 Å². The summed E-state index contributed by atoms with van der Waals surface area (Å²) in [6.45, 7) is 9.15. The zero-order chi connectivity index (χ0) is 23.4. The van der Waals surface area contributed by atoms with E-state index in [0.29, 0.717) is 50.0 Å². The molecular weight excluding hydrogens is 418 g/mol. The molecule has 8 nitrogen and oxygen atoms in total. The number of benzene rings is 2. The Morgan fingerprint density at radius 2 is 1.70 bits per heavy atom. The minimum atomic E-state index is -0.231. The van der Waals surface area contributed by atoms with Crippen LogP contribution < -0.4 is 5.32 Å². The first-order chi connectivity index (χ1) is 15.9. The Kier molecular flexibility index (Phi) is 6.84. The van der Waals surface area contributed by atoms with E-state index < -0.39 is 0 Å². The van der Waals surface area contributed by atoms with Crippen LogP contribution in [0.4, 0.5) is 0 Å². The number of aryl methyl sites for hydroxylation is 3. The lowest BCUT2D eigenvalue weighted by molar-refractivity contribution is -0.131. The molecule has 2 amide bonds. The van der Waals surface area contributed by atoms with Gasteiger partial charge in [-0.25, -0.2) is 0 Å². The molecule has 2 aromatic carbocycles. The molecule has 1 aliphatic rings. The highest BCUT2D eigenvalue weighted by atomic mass is 16.5. The van der Waals surface area contributed by atoms with Gasteiger partial charge in [-0.2, -0.15) is 4.98 Å². The topological polar surface area (TPSA) is 91.6 Å². The number of nitrogens with zero attached hydrogens (tertiary/aromatic N) is 4. The molecular formula is C25H29N5O3. The molecule has 0 bridgehead atoms. The maximum atomic E-state index is 12.6. The molecule has 4 rings (SSSR count). The normalized spacial score (nSPS) is 14.3. The molecule has 0 aliphatic carbocycles. The third-order valence-electron chi connectivity index (χ3n) is 6.03. The van der Waals surface area contributed by atoms with Crippen LogP contribution in [0.5, 0.6) is 0 Å². The van der Waals surface area contributed by atoms with Crippen LogP contribution in [0.15, 0.2) is 47.0 Å².